The third kappa shape index (κ3) is 1.80. The SMILES string of the molecule is NC1(CN2CCCCC2)CCC1. The maximum Gasteiger partial charge on any atom is 0.0283 e. The molecule has 1 aliphatic carbocycles. The topological polar surface area (TPSA) is 29.3 Å². The fourth-order valence-electron chi connectivity index (χ4n) is 2.35. The van der Waals surface area contributed by atoms with Crippen molar-refractivity contribution in [3.63, 3.8) is 0 Å². The van der Waals surface area contributed by atoms with Gasteiger partial charge in [0.1, 0.15) is 0 Å². The van der Waals surface area contributed by atoms with Crippen LogP contribution in [0, 0.1) is 0 Å². The molecule has 0 spiro atoms. The number of hydrogen-bond donors (Lipinski definition) is 1. The van der Waals surface area contributed by atoms with Crippen molar-refractivity contribution in [3.05, 3.63) is 0 Å². The molecule has 0 aromatic heterocycles. The summed E-state index contributed by atoms with van der Waals surface area (Å²) in [7, 11) is 0. The quantitative estimate of drug-likeness (QED) is 0.674. The van der Waals surface area contributed by atoms with Crippen molar-refractivity contribution >= 4 is 0 Å². The van der Waals surface area contributed by atoms with E-state index < -0.39 is 0 Å². The van der Waals surface area contributed by atoms with Gasteiger partial charge in [-0.1, -0.05) is 6.42 Å². The van der Waals surface area contributed by atoms with Gasteiger partial charge in [-0.3, -0.25) is 0 Å². The van der Waals surface area contributed by atoms with Crippen molar-refractivity contribution < 1.29 is 0 Å². The third-order valence-corrected chi connectivity index (χ3v) is 3.34. The summed E-state index contributed by atoms with van der Waals surface area (Å²) in [6, 6.07) is 0. The molecule has 0 bridgehead atoms. The molecule has 1 aliphatic heterocycles. The van der Waals surface area contributed by atoms with E-state index >= 15 is 0 Å². The van der Waals surface area contributed by atoms with Gasteiger partial charge in [0.05, 0.1) is 0 Å². The van der Waals surface area contributed by atoms with Crippen LogP contribution in [0.5, 0.6) is 0 Å². The summed E-state index contributed by atoms with van der Waals surface area (Å²) in [6.45, 7) is 3.74. The minimum atomic E-state index is 0.206. The van der Waals surface area contributed by atoms with Crippen LogP contribution in [-0.4, -0.2) is 30.1 Å². The van der Waals surface area contributed by atoms with E-state index in [4.69, 9.17) is 5.73 Å². The van der Waals surface area contributed by atoms with E-state index in [0.717, 1.165) is 6.54 Å². The maximum absolute atomic E-state index is 6.19. The number of nitrogens with two attached hydrogens (primary N) is 1. The monoisotopic (exact) mass is 168 g/mol. The zero-order valence-corrected chi connectivity index (χ0v) is 7.89. The molecule has 0 amide bonds. The van der Waals surface area contributed by atoms with Gasteiger partial charge in [-0.15, -0.1) is 0 Å². The van der Waals surface area contributed by atoms with Gasteiger partial charge in [0.15, 0.2) is 0 Å². The van der Waals surface area contributed by atoms with Gasteiger partial charge in [0, 0.05) is 12.1 Å². The highest BCUT2D eigenvalue weighted by Gasteiger charge is 2.34. The Kier molecular flexibility index (Phi) is 2.37. The standard InChI is InChI=1S/C10H20N2/c11-10(5-4-6-10)9-12-7-2-1-3-8-12/h1-9,11H2. The van der Waals surface area contributed by atoms with Crippen LogP contribution in [-0.2, 0) is 0 Å². The van der Waals surface area contributed by atoms with E-state index in [2.05, 4.69) is 4.90 Å². The number of likely N-dealkylation sites (tertiary alicyclic amines) is 1. The lowest BCUT2D eigenvalue weighted by atomic mass is 9.77. The number of piperidine rings is 1. The Morgan fingerprint density at radius 1 is 1.00 bits per heavy atom. The molecular formula is C10H20N2. The Bertz CT molecular complexity index is 146. The molecule has 0 radical (unpaired) electrons. The summed E-state index contributed by atoms with van der Waals surface area (Å²) < 4.78 is 0. The maximum atomic E-state index is 6.19. The van der Waals surface area contributed by atoms with Gasteiger partial charge < -0.3 is 10.6 Å². The summed E-state index contributed by atoms with van der Waals surface area (Å²) >= 11 is 0. The Morgan fingerprint density at radius 3 is 2.17 bits per heavy atom. The van der Waals surface area contributed by atoms with E-state index in [0.29, 0.717) is 0 Å². The second-order valence-electron chi connectivity index (χ2n) is 4.55. The first-order chi connectivity index (χ1) is 5.79. The zero-order chi connectivity index (χ0) is 8.44. The summed E-state index contributed by atoms with van der Waals surface area (Å²) in [5.74, 6) is 0. The van der Waals surface area contributed by atoms with Gasteiger partial charge in [0.25, 0.3) is 0 Å². The molecular weight excluding hydrogens is 148 g/mol. The number of nitrogens with zero attached hydrogens (tertiary/aromatic N) is 1. The first-order valence-electron chi connectivity index (χ1n) is 5.30. The number of hydrogen-bond acceptors (Lipinski definition) is 2. The van der Waals surface area contributed by atoms with Crippen molar-refractivity contribution in [1.82, 2.24) is 4.90 Å². The highest BCUT2D eigenvalue weighted by molar-refractivity contribution is 4.95. The lowest BCUT2D eigenvalue weighted by molar-refractivity contribution is 0.128. The molecule has 12 heavy (non-hydrogen) atoms. The van der Waals surface area contributed by atoms with E-state index in [1.54, 1.807) is 0 Å². The van der Waals surface area contributed by atoms with Crippen LogP contribution in [0.2, 0.25) is 0 Å². The molecule has 2 aliphatic rings. The summed E-state index contributed by atoms with van der Waals surface area (Å²) in [5.41, 5.74) is 6.40. The smallest absolute Gasteiger partial charge is 0.0283 e. The fraction of sp³-hybridized carbons (Fsp3) is 1.00. The van der Waals surface area contributed by atoms with E-state index in [1.165, 1.54) is 51.6 Å². The van der Waals surface area contributed by atoms with Crippen LogP contribution in [0.1, 0.15) is 38.5 Å². The molecule has 0 aromatic carbocycles. The Balaban J connectivity index is 1.77. The van der Waals surface area contributed by atoms with Crippen molar-refractivity contribution in [3.8, 4) is 0 Å². The fourth-order valence-corrected chi connectivity index (χ4v) is 2.35. The van der Waals surface area contributed by atoms with E-state index in [-0.39, 0.29) is 5.54 Å². The van der Waals surface area contributed by atoms with Crippen LogP contribution in [0.25, 0.3) is 0 Å². The molecule has 2 nitrogen and oxygen atoms in total. The van der Waals surface area contributed by atoms with Gasteiger partial charge >= 0.3 is 0 Å². The van der Waals surface area contributed by atoms with E-state index in [9.17, 15) is 0 Å². The second-order valence-corrected chi connectivity index (χ2v) is 4.55. The normalized spacial score (nSPS) is 29.8. The van der Waals surface area contributed by atoms with Crippen molar-refractivity contribution in [2.24, 2.45) is 5.73 Å². The van der Waals surface area contributed by atoms with Crippen LogP contribution in [0.4, 0.5) is 0 Å². The minimum Gasteiger partial charge on any atom is -0.324 e. The van der Waals surface area contributed by atoms with Gasteiger partial charge in [-0.2, -0.15) is 0 Å². The van der Waals surface area contributed by atoms with Gasteiger partial charge in [-0.25, -0.2) is 0 Å². The molecule has 2 N–H and O–H groups in total. The first-order valence-corrected chi connectivity index (χ1v) is 5.30. The average Bonchev–Trinajstić information content (AvgIpc) is 2.04. The second kappa shape index (κ2) is 3.35. The molecule has 1 saturated carbocycles. The highest BCUT2D eigenvalue weighted by atomic mass is 15.2. The van der Waals surface area contributed by atoms with Crippen LogP contribution >= 0.6 is 0 Å². The molecule has 1 saturated heterocycles. The summed E-state index contributed by atoms with van der Waals surface area (Å²) in [4.78, 5) is 2.56. The van der Waals surface area contributed by atoms with Crippen molar-refractivity contribution in [2.75, 3.05) is 19.6 Å². The first kappa shape index (κ1) is 8.52. The Morgan fingerprint density at radius 2 is 1.67 bits per heavy atom. The molecule has 2 heteroatoms. The van der Waals surface area contributed by atoms with Crippen LogP contribution < -0.4 is 5.73 Å². The Hall–Kier alpha value is -0.0800. The molecule has 1 heterocycles. The van der Waals surface area contributed by atoms with Gasteiger partial charge in [0.2, 0.25) is 0 Å². The van der Waals surface area contributed by atoms with E-state index in [1.807, 2.05) is 0 Å². The van der Waals surface area contributed by atoms with Gasteiger partial charge in [-0.05, 0) is 45.2 Å². The zero-order valence-electron chi connectivity index (χ0n) is 7.89. The molecule has 2 rings (SSSR count). The molecule has 70 valence electrons. The minimum absolute atomic E-state index is 0.206. The predicted octanol–water partition coefficient (Wildman–Crippen LogP) is 1.35. The molecule has 0 atom stereocenters. The molecule has 2 fully saturated rings. The lowest BCUT2D eigenvalue weighted by Gasteiger charge is -2.43. The van der Waals surface area contributed by atoms with Crippen LogP contribution in [0.15, 0.2) is 0 Å². The third-order valence-electron chi connectivity index (χ3n) is 3.34. The van der Waals surface area contributed by atoms with Crippen LogP contribution in [0.3, 0.4) is 0 Å². The van der Waals surface area contributed by atoms with Crippen molar-refractivity contribution in [2.45, 2.75) is 44.1 Å². The molecule has 0 aromatic rings. The summed E-state index contributed by atoms with van der Waals surface area (Å²) in [5, 5.41) is 0. The number of rotatable bonds is 2. The largest absolute Gasteiger partial charge is 0.324 e. The molecule has 0 unspecified atom stereocenters. The predicted molar refractivity (Wildman–Crippen MR) is 51.1 cm³/mol. The average molecular weight is 168 g/mol. The van der Waals surface area contributed by atoms with Crippen molar-refractivity contribution in [1.29, 1.82) is 0 Å². The highest BCUT2D eigenvalue weighted by Crippen LogP contribution is 2.30. The lowest BCUT2D eigenvalue weighted by Crippen LogP contribution is -2.55. The Labute approximate surface area is 75.1 Å². The summed E-state index contributed by atoms with van der Waals surface area (Å²) in [6.07, 6.45) is 8.05.